The van der Waals surface area contributed by atoms with Gasteiger partial charge in [0.2, 0.25) is 0 Å². The zero-order chi connectivity index (χ0) is 18.8. The van der Waals surface area contributed by atoms with Crippen LogP contribution in [0.5, 0.6) is 0 Å². The number of rotatable bonds is 2. The van der Waals surface area contributed by atoms with Crippen molar-refractivity contribution >= 4 is 5.91 Å². The Bertz CT molecular complexity index is 808. The van der Waals surface area contributed by atoms with E-state index < -0.39 is 6.10 Å². The molecule has 27 heavy (non-hydrogen) atoms. The summed E-state index contributed by atoms with van der Waals surface area (Å²) in [5.74, 6) is -0.248. The van der Waals surface area contributed by atoms with Gasteiger partial charge in [0, 0.05) is 12.6 Å². The van der Waals surface area contributed by atoms with E-state index in [1.807, 2.05) is 17.0 Å². The van der Waals surface area contributed by atoms with Crippen LogP contribution in [0.1, 0.15) is 36.1 Å². The number of amides is 1. The molecule has 2 aliphatic heterocycles. The maximum absolute atomic E-state index is 13.5. The fraction of sp³-hybridized carbons (Fsp3) is 0.409. The molecule has 5 heteroatoms. The van der Waals surface area contributed by atoms with Crippen LogP contribution >= 0.6 is 0 Å². The summed E-state index contributed by atoms with van der Waals surface area (Å²) in [5.41, 5.74) is 3.29. The number of nitrogens with one attached hydrogen (secondary N) is 1. The molecular weight excluding hydrogens is 343 g/mol. The first-order valence-corrected chi connectivity index (χ1v) is 9.62. The van der Waals surface area contributed by atoms with Crippen LogP contribution in [0.2, 0.25) is 0 Å². The molecular formula is C22H25FN2O2. The van der Waals surface area contributed by atoms with Gasteiger partial charge in [0.25, 0.3) is 5.91 Å². The summed E-state index contributed by atoms with van der Waals surface area (Å²) in [4.78, 5) is 15.3. The van der Waals surface area contributed by atoms with Crippen molar-refractivity contribution in [2.24, 2.45) is 0 Å². The van der Waals surface area contributed by atoms with Crippen LogP contribution in [-0.2, 0) is 16.0 Å². The van der Waals surface area contributed by atoms with Gasteiger partial charge in [-0.05, 0) is 55.1 Å². The van der Waals surface area contributed by atoms with E-state index in [4.69, 9.17) is 4.74 Å². The van der Waals surface area contributed by atoms with Gasteiger partial charge in [-0.2, -0.15) is 0 Å². The lowest BCUT2D eigenvalue weighted by Gasteiger charge is -2.39. The number of hydrogen-bond acceptors (Lipinski definition) is 3. The minimum absolute atomic E-state index is 0.0229. The number of carbonyl (C=O) groups is 1. The summed E-state index contributed by atoms with van der Waals surface area (Å²) in [6.45, 7) is 4.00. The van der Waals surface area contributed by atoms with E-state index in [1.165, 1.54) is 17.7 Å². The third-order valence-corrected chi connectivity index (χ3v) is 5.47. The molecule has 1 fully saturated rings. The van der Waals surface area contributed by atoms with Crippen molar-refractivity contribution < 1.29 is 13.9 Å². The second-order valence-corrected chi connectivity index (χ2v) is 7.40. The van der Waals surface area contributed by atoms with Crippen LogP contribution in [0.3, 0.4) is 0 Å². The van der Waals surface area contributed by atoms with Crippen molar-refractivity contribution in [1.29, 1.82) is 0 Å². The molecule has 0 saturated carbocycles. The lowest BCUT2D eigenvalue weighted by molar-refractivity contribution is -0.145. The number of halogens is 1. The molecule has 1 saturated heterocycles. The van der Waals surface area contributed by atoms with Crippen LogP contribution in [0.4, 0.5) is 4.39 Å². The summed E-state index contributed by atoms with van der Waals surface area (Å²) in [7, 11) is 0. The van der Waals surface area contributed by atoms with Gasteiger partial charge in [-0.1, -0.05) is 36.4 Å². The molecule has 0 aliphatic carbocycles. The smallest absolute Gasteiger partial charge is 0.252 e. The molecule has 1 N–H and O–H groups in total. The predicted molar refractivity (Wildman–Crippen MR) is 102 cm³/mol. The highest BCUT2D eigenvalue weighted by molar-refractivity contribution is 5.82. The lowest BCUT2D eigenvalue weighted by atomic mass is 9.87. The predicted octanol–water partition coefficient (Wildman–Crippen LogP) is 3.07. The molecule has 2 aliphatic rings. The molecule has 142 valence electrons. The molecule has 4 rings (SSSR count). The van der Waals surface area contributed by atoms with E-state index in [0.717, 1.165) is 24.1 Å². The Morgan fingerprint density at radius 3 is 2.78 bits per heavy atom. The fourth-order valence-corrected chi connectivity index (χ4v) is 4.05. The lowest BCUT2D eigenvalue weighted by Crippen LogP contribution is -2.46. The number of benzene rings is 2. The maximum Gasteiger partial charge on any atom is 0.252 e. The zero-order valence-corrected chi connectivity index (χ0v) is 15.5. The van der Waals surface area contributed by atoms with Gasteiger partial charge < -0.3 is 15.0 Å². The Hall–Kier alpha value is -2.24. The molecule has 0 bridgehead atoms. The van der Waals surface area contributed by atoms with Crippen LogP contribution < -0.4 is 5.32 Å². The van der Waals surface area contributed by atoms with Gasteiger partial charge in [-0.25, -0.2) is 4.39 Å². The SMILES string of the molecule is C[C@H]1CO[C@H](C(=O)N2CCc3ccccc3[C@@H]2c2ccc(F)cc2)CCN1. The third-order valence-electron chi connectivity index (χ3n) is 5.47. The molecule has 3 atom stereocenters. The number of ether oxygens (including phenoxy) is 1. The van der Waals surface area contributed by atoms with E-state index in [9.17, 15) is 9.18 Å². The highest BCUT2D eigenvalue weighted by atomic mass is 19.1. The first-order chi connectivity index (χ1) is 13.1. The Morgan fingerprint density at radius 1 is 1.19 bits per heavy atom. The van der Waals surface area contributed by atoms with E-state index >= 15 is 0 Å². The van der Waals surface area contributed by atoms with E-state index in [0.29, 0.717) is 19.6 Å². The van der Waals surface area contributed by atoms with Crippen LogP contribution in [0, 0.1) is 5.82 Å². The molecule has 4 nitrogen and oxygen atoms in total. The van der Waals surface area contributed by atoms with Crippen molar-refractivity contribution in [3.05, 3.63) is 71.0 Å². The molecule has 1 amide bonds. The van der Waals surface area contributed by atoms with Gasteiger partial charge in [-0.15, -0.1) is 0 Å². The average molecular weight is 368 g/mol. The van der Waals surface area contributed by atoms with Gasteiger partial charge in [0.05, 0.1) is 12.6 Å². The van der Waals surface area contributed by atoms with Crippen molar-refractivity contribution in [2.75, 3.05) is 19.7 Å². The third kappa shape index (κ3) is 3.75. The van der Waals surface area contributed by atoms with Gasteiger partial charge in [0.1, 0.15) is 11.9 Å². The van der Waals surface area contributed by atoms with E-state index in [-0.39, 0.29) is 23.8 Å². The quantitative estimate of drug-likeness (QED) is 0.886. The second-order valence-electron chi connectivity index (χ2n) is 7.40. The summed E-state index contributed by atoms with van der Waals surface area (Å²) in [5, 5.41) is 3.36. The largest absolute Gasteiger partial charge is 0.367 e. The van der Waals surface area contributed by atoms with Crippen molar-refractivity contribution in [2.45, 2.75) is 38.0 Å². The molecule has 0 aromatic heterocycles. The van der Waals surface area contributed by atoms with Crippen molar-refractivity contribution in [3.8, 4) is 0 Å². The molecule has 2 aromatic carbocycles. The Balaban J connectivity index is 1.68. The van der Waals surface area contributed by atoms with Gasteiger partial charge in [-0.3, -0.25) is 4.79 Å². The average Bonchev–Trinajstić information content (AvgIpc) is 2.92. The molecule has 0 spiro atoms. The molecule has 0 radical (unpaired) electrons. The zero-order valence-electron chi connectivity index (χ0n) is 15.5. The minimum atomic E-state index is -0.435. The number of carbonyl (C=O) groups excluding carboxylic acids is 1. The molecule has 2 heterocycles. The standard InChI is InChI=1S/C22H25FN2O2/c1-15-14-27-20(10-12-24-15)22(26)25-13-11-16-4-2-3-5-19(16)21(25)17-6-8-18(23)9-7-17/h2-9,15,20-21,24H,10-14H2,1H3/t15-,20-,21-/m0/s1. The Morgan fingerprint density at radius 2 is 1.96 bits per heavy atom. The topological polar surface area (TPSA) is 41.6 Å². The highest BCUT2D eigenvalue weighted by Gasteiger charge is 2.36. The van der Waals surface area contributed by atoms with E-state index in [1.54, 1.807) is 12.1 Å². The Labute approximate surface area is 159 Å². The second kappa shape index (κ2) is 7.79. The van der Waals surface area contributed by atoms with Gasteiger partial charge in [0.15, 0.2) is 0 Å². The van der Waals surface area contributed by atoms with Crippen LogP contribution in [0.15, 0.2) is 48.5 Å². The Kier molecular flexibility index (Phi) is 5.23. The first-order valence-electron chi connectivity index (χ1n) is 9.62. The summed E-state index contributed by atoms with van der Waals surface area (Å²) in [6.07, 6.45) is 1.05. The maximum atomic E-state index is 13.5. The molecule has 0 unspecified atom stereocenters. The molecule has 2 aromatic rings. The van der Waals surface area contributed by atoms with Gasteiger partial charge >= 0.3 is 0 Å². The van der Waals surface area contributed by atoms with Crippen LogP contribution in [-0.4, -0.2) is 42.6 Å². The monoisotopic (exact) mass is 368 g/mol. The number of fused-ring (bicyclic) bond motifs is 1. The summed E-state index contributed by atoms with van der Waals surface area (Å²) in [6, 6.07) is 14.7. The number of nitrogens with zero attached hydrogens (tertiary/aromatic N) is 1. The summed E-state index contributed by atoms with van der Waals surface area (Å²) < 4.78 is 19.4. The van der Waals surface area contributed by atoms with Crippen molar-refractivity contribution in [1.82, 2.24) is 10.2 Å². The number of hydrogen-bond donors (Lipinski definition) is 1. The summed E-state index contributed by atoms with van der Waals surface area (Å²) >= 11 is 0. The normalized spacial score (nSPS) is 25.6. The fourth-order valence-electron chi connectivity index (χ4n) is 4.05. The van der Waals surface area contributed by atoms with Crippen LogP contribution in [0.25, 0.3) is 0 Å². The van der Waals surface area contributed by atoms with Crippen molar-refractivity contribution in [3.63, 3.8) is 0 Å². The highest BCUT2D eigenvalue weighted by Crippen LogP contribution is 2.36. The van der Waals surface area contributed by atoms with E-state index in [2.05, 4.69) is 24.4 Å². The minimum Gasteiger partial charge on any atom is -0.367 e. The first kappa shape index (κ1) is 18.1.